The molecule has 0 radical (unpaired) electrons. The third kappa shape index (κ3) is 8.00. The van der Waals surface area contributed by atoms with Crippen LogP contribution in [-0.2, 0) is 20.0 Å². The molecule has 0 fully saturated rings. The van der Waals surface area contributed by atoms with E-state index in [1.807, 2.05) is 0 Å². The molecule has 18 heteroatoms. The molecule has 0 aliphatic heterocycles. The molecule has 2 aliphatic carbocycles. The highest BCUT2D eigenvalue weighted by Crippen LogP contribution is 2.29. The maximum Gasteiger partial charge on any atom is 0.339 e. The Morgan fingerprint density at radius 2 is 1.15 bits per heavy atom. The first kappa shape index (κ1) is 32.7. The molecule has 0 saturated carbocycles. The van der Waals surface area contributed by atoms with E-state index in [0.29, 0.717) is 0 Å². The summed E-state index contributed by atoms with van der Waals surface area (Å²) >= 11 is 0. The fourth-order valence-electron chi connectivity index (χ4n) is 3.61. The van der Waals surface area contributed by atoms with Crippen LogP contribution in [-0.4, -0.2) is 110 Å². The largest absolute Gasteiger partial charge is 0.395 e. The van der Waals surface area contributed by atoms with E-state index in [1.54, 1.807) is 0 Å². The van der Waals surface area contributed by atoms with Crippen LogP contribution in [0.3, 0.4) is 0 Å². The number of rotatable bonds is 14. The van der Waals surface area contributed by atoms with Gasteiger partial charge in [-0.3, -0.25) is 0 Å². The van der Waals surface area contributed by atoms with E-state index < -0.39 is 46.5 Å². The van der Waals surface area contributed by atoms with E-state index in [4.69, 9.17) is 10.9 Å². The number of hydrogen-bond acceptors (Lipinski definition) is 12. The fourth-order valence-corrected chi connectivity index (χ4v) is 6.86. The number of aliphatic hydroxyl groups is 4. The second kappa shape index (κ2) is 15.3. The highest BCUT2D eigenvalue weighted by Gasteiger charge is 2.32. The minimum Gasteiger partial charge on any atom is -0.395 e. The molecule has 0 spiro atoms. The molecular formula is C22H29N8O8S2+. The maximum absolute atomic E-state index is 13.4. The summed E-state index contributed by atoms with van der Waals surface area (Å²) in [6.45, 7) is -3.36. The van der Waals surface area contributed by atoms with Gasteiger partial charge in [0.2, 0.25) is 20.0 Å². The van der Waals surface area contributed by atoms with Crippen molar-refractivity contribution in [2.45, 2.75) is 0 Å². The van der Waals surface area contributed by atoms with Crippen LogP contribution in [0.1, 0.15) is 0 Å². The molecule has 5 N–H and O–H groups in total. The van der Waals surface area contributed by atoms with Crippen molar-refractivity contribution >= 4 is 31.5 Å². The Bertz CT molecular complexity index is 1450. The van der Waals surface area contributed by atoms with Crippen molar-refractivity contribution in [2.24, 2.45) is 15.4 Å². The Hall–Kier alpha value is -3.54. The van der Waals surface area contributed by atoms with Crippen LogP contribution in [0.4, 0.5) is 0 Å². The van der Waals surface area contributed by atoms with Gasteiger partial charge < -0.3 is 20.4 Å². The van der Waals surface area contributed by atoms with Crippen LogP contribution in [0, 0.1) is 10.9 Å². The Kier molecular flexibility index (Phi) is 12.5. The molecule has 40 heavy (non-hydrogen) atoms. The van der Waals surface area contributed by atoms with E-state index in [9.17, 15) is 37.3 Å². The molecule has 0 saturated heterocycles. The van der Waals surface area contributed by atoms with Gasteiger partial charge in [-0.2, -0.15) is 14.1 Å². The number of nitrogens with one attached hydrogen (secondary N) is 1. The fraction of sp³-hybridized carbons (Fsp3) is 0.364. The predicted molar refractivity (Wildman–Crippen MR) is 145 cm³/mol. The monoisotopic (exact) mass is 597 g/mol. The number of nitrogens with zero attached hydrogens (tertiary/aromatic N) is 7. The number of hydrogen-bond donors (Lipinski definition) is 5. The number of diazo groups is 1. The highest BCUT2D eigenvalue weighted by atomic mass is 32.2. The average Bonchev–Trinajstić information content (AvgIpc) is 2.92. The number of sulfonamides is 2. The van der Waals surface area contributed by atoms with Crippen LogP contribution in [0.2, 0.25) is 0 Å². The van der Waals surface area contributed by atoms with Gasteiger partial charge in [0.15, 0.2) is 10.8 Å². The van der Waals surface area contributed by atoms with Gasteiger partial charge in [0, 0.05) is 26.2 Å². The summed E-state index contributed by atoms with van der Waals surface area (Å²) < 4.78 is 55.4. The summed E-state index contributed by atoms with van der Waals surface area (Å²) in [6.07, 6.45) is 10.3. The van der Waals surface area contributed by atoms with Crippen LogP contribution >= 0.6 is 0 Å². The summed E-state index contributed by atoms with van der Waals surface area (Å²) in [5.41, 5.74) is 7.10. The second-order valence-corrected chi connectivity index (χ2v) is 11.7. The van der Waals surface area contributed by atoms with Crippen molar-refractivity contribution in [1.82, 2.24) is 8.61 Å². The molecule has 0 amide bonds. The zero-order chi connectivity index (χ0) is 29.8. The van der Waals surface area contributed by atoms with E-state index in [-0.39, 0.29) is 58.6 Å². The number of allylic oxidation sites excluding steroid dienone is 10. The molecule has 0 aromatic heterocycles. The molecule has 216 valence electrons. The van der Waals surface area contributed by atoms with Gasteiger partial charge in [-0.05, 0) is 35.5 Å². The Morgan fingerprint density at radius 3 is 1.52 bits per heavy atom. The van der Waals surface area contributed by atoms with Crippen LogP contribution in [0.25, 0.3) is 5.08 Å². The van der Waals surface area contributed by atoms with Crippen LogP contribution in [0.15, 0.2) is 85.0 Å². The van der Waals surface area contributed by atoms with Crippen molar-refractivity contribution in [3.05, 3.63) is 74.6 Å². The number of aliphatic hydroxyl groups excluding tert-OH is 4. The SMILES string of the molecule is N#[N+]N=C1C=C/C(=C/C=C2/C=CC(=NN=N)C=C2S(=O)(=O)N(CCO)CCO)C(S(=O)(=O)N(CCO)CCO)=C1. The molecule has 0 heterocycles. The van der Waals surface area contributed by atoms with Gasteiger partial charge in [-0.25, -0.2) is 16.8 Å². The van der Waals surface area contributed by atoms with E-state index in [2.05, 4.69) is 20.5 Å². The predicted octanol–water partition coefficient (Wildman–Crippen LogP) is -0.425. The smallest absolute Gasteiger partial charge is 0.339 e. The minimum atomic E-state index is -4.33. The lowest BCUT2D eigenvalue weighted by atomic mass is 10.0. The highest BCUT2D eigenvalue weighted by molar-refractivity contribution is 7.93. The lowest BCUT2D eigenvalue weighted by Crippen LogP contribution is -2.37. The zero-order valence-corrected chi connectivity index (χ0v) is 22.8. The van der Waals surface area contributed by atoms with Crippen molar-refractivity contribution < 1.29 is 37.3 Å². The lowest BCUT2D eigenvalue weighted by molar-refractivity contribution is 0.218. The summed E-state index contributed by atoms with van der Waals surface area (Å²) in [5.74, 6) is 0. The van der Waals surface area contributed by atoms with Crippen molar-refractivity contribution in [1.29, 1.82) is 10.9 Å². The van der Waals surface area contributed by atoms with Gasteiger partial charge in [-0.1, -0.05) is 29.5 Å². The minimum absolute atomic E-state index is 0.0248. The molecule has 0 unspecified atom stereocenters. The topological polar surface area (TPSA) is 245 Å². The van der Waals surface area contributed by atoms with E-state index in [0.717, 1.165) is 20.8 Å². The van der Waals surface area contributed by atoms with Crippen LogP contribution < -0.4 is 0 Å². The molecule has 0 bridgehead atoms. The van der Waals surface area contributed by atoms with Gasteiger partial charge in [-0.15, -0.1) is 5.10 Å². The first-order valence-corrected chi connectivity index (χ1v) is 14.5. The van der Waals surface area contributed by atoms with E-state index in [1.165, 1.54) is 36.5 Å². The molecule has 16 nitrogen and oxygen atoms in total. The van der Waals surface area contributed by atoms with Gasteiger partial charge >= 0.3 is 5.08 Å². The standard InChI is InChI=1S/C22H29N8O8S2/c23-27-25-19-5-3-17(21(15-19)39(35,36)29(7-11-31)8-12-32)1-2-18-4-6-20(26-28-24)16-22(18)40(37,38)30(9-13-33)10-14-34/h1-6,15-16,23,31-34H,7-14H2/q+1/b17-1-,18-2-,25-19?,26-20?,27-23?. The molecule has 0 aromatic carbocycles. The van der Waals surface area contributed by atoms with Crippen molar-refractivity contribution in [3.8, 4) is 0 Å². The second-order valence-electron chi connectivity index (χ2n) is 7.87. The first-order chi connectivity index (χ1) is 19.1. The van der Waals surface area contributed by atoms with Crippen molar-refractivity contribution in [2.75, 3.05) is 52.6 Å². The van der Waals surface area contributed by atoms with Gasteiger partial charge in [0.05, 0.1) is 41.9 Å². The Labute approximate surface area is 230 Å². The Balaban J connectivity index is 2.71. The lowest BCUT2D eigenvalue weighted by Gasteiger charge is -2.24. The molecule has 0 aromatic rings. The summed E-state index contributed by atoms with van der Waals surface area (Å²) in [7, 11) is -8.65. The summed E-state index contributed by atoms with van der Waals surface area (Å²) in [5, 5.41) is 58.7. The van der Waals surface area contributed by atoms with Crippen LogP contribution in [0.5, 0.6) is 0 Å². The summed E-state index contributed by atoms with van der Waals surface area (Å²) in [6, 6.07) is 0. The average molecular weight is 598 g/mol. The summed E-state index contributed by atoms with van der Waals surface area (Å²) in [4.78, 5) is -0.644. The van der Waals surface area contributed by atoms with E-state index >= 15 is 0 Å². The Morgan fingerprint density at radius 1 is 0.750 bits per heavy atom. The van der Waals surface area contributed by atoms with Gasteiger partial charge in [0.25, 0.3) is 5.39 Å². The first-order valence-electron chi connectivity index (χ1n) is 11.6. The molecular weight excluding hydrogens is 568 g/mol. The zero-order valence-electron chi connectivity index (χ0n) is 21.1. The maximum atomic E-state index is 13.4. The molecule has 2 aliphatic rings. The molecule has 0 atom stereocenters. The quantitative estimate of drug-likeness (QED) is 0.0989. The van der Waals surface area contributed by atoms with Crippen molar-refractivity contribution in [3.63, 3.8) is 0 Å². The molecule has 2 rings (SSSR count). The third-order valence-electron chi connectivity index (χ3n) is 5.40. The third-order valence-corrected chi connectivity index (χ3v) is 9.30. The van der Waals surface area contributed by atoms with Gasteiger partial charge in [0.1, 0.15) is 0 Å². The normalized spacial score (nSPS) is 20.0.